The Kier molecular flexibility index (Phi) is 4.06. The van der Waals surface area contributed by atoms with Crippen molar-refractivity contribution in [3.8, 4) is 0 Å². The highest BCUT2D eigenvalue weighted by atomic mass is 16.4. The molecule has 0 saturated carbocycles. The fourth-order valence-electron chi connectivity index (χ4n) is 2.25. The van der Waals surface area contributed by atoms with E-state index >= 15 is 0 Å². The number of aromatic nitrogens is 2. The monoisotopic (exact) mass is 264 g/mol. The predicted molar refractivity (Wildman–Crippen MR) is 67.4 cm³/mol. The quantitative estimate of drug-likeness (QED) is 0.799. The molecule has 1 aliphatic rings. The normalized spacial score (nSPS) is 23.2. The van der Waals surface area contributed by atoms with Crippen LogP contribution >= 0.6 is 0 Å². The number of carboxylic acid groups (broad SMARTS) is 1. The Labute approximate surface area is 110 Å². The van der Waals surface area contributed by atoms with Crippen molar-refractivity contribution < 1.29 is 14.7 Å². The number of hydrogen-bond acceptors (Lipinski definition) is 5. The number of amides is 1. The molecule has 2 heterocycles. The number of rotatable bonds is 4. The maximum absolute atomic E-state index is 11.8. The summed E-state index contributed by atoms with van der Waals surface area (Å²) in [4.78, 5) is 32.4. The van der Waals surface area contributed by atoms with Crippen LogP contribution in [0.2, 0.25) is 0 Å². The summed E-state index contributed by atoms with van der Waals surface area (Å²) in [7, 11) is 0. The van der Waals surface area contributed by atoms with Crippen molar-refractivity contribution in [2.45, 2.75) is 6.92 Å². The van der Waals surface area contributed by atoms with Gasteiger partial charge in [0.2, 0.25) is 11.9 Å². The van der Waals surface area contributed by atoms with Crippen LogP contribution in [0.15, 0.2) is 18.5 Å². The zero-order chi connectivity index (χ0) is 13.8. The van der Waals surface area contributed by atoms with Gasteiger partial charge in [-0.25, -0.2) is 9.97 Å². The van der Waals surface area contributed by atoms with Gasteiger partial charge in [-0.15, -0.1) is 0 Å². The van der Waals surface area contributed by atoms with Crippen LogP contribution in [0, 0.1) is 11.8 Å². The third-order valence-electron chi connectivity index (χ3n) is 3.19. The van der Waals surface area contributed by atoms with Gasteiger partial charge in [0.25, 0.3) is 0 Å². The summed E-state index contributed by atoms with van der Waals surface area (Å²) < 4.78 is 0. The molecule has 102 valence electrons. The SMILES string of the molecule is C[C@@H]1CN(CC(=O)Nc2ncccn2)C[C@H]1C(=O)O. The van der Waals surface area contributed by atoms with Gasteiger partial charge in [0.1, 0.15) is 0 Å². The largest absolute Gasteiger partial charge is 0.481 e. The van der Waals surface area contributed by atoms with E-state index in [1.807, 2.05) is 11.8 Å². The molecule has 19 heavy (non-hydrogen) atoms. The van der Waals surface area contributed by atoms with E-state index in [1.54, 1.807) is 18.5 Å². The molecular weight excluding hydrogens is 248 g/mol. The highest BCUT2D eigenvalue weighted by Crippen LogP contribution is 2.22. The van der Waals surface area contributed by atoms with Crippen molar-refractivity contribution in [1.29, 1.82) is 0 Å². The van der Waals surface area contributed by atoms with Gasteiger partial charge in [-0.1, -0.05) is 6.92 Å². The van der Waals surface area contributed by atoms with Gasteiger partial charge in [-0.2, -0.15) is 0 Å². The Morgan fingerprint density at radius 1 is 1.42 bits per heavy atom. The summed E-state index contributed by atoms with van der Waals surface area (Å²) in [5, 5.41) is 11.6. The first-order valence-electron chi connectivity index (χ1n) is 6.08. The van der Waals surface area contributed by atoms with Gasteiger partial charge in [0.05, 0.1) is 12.5 Å². The van der Waals surface area contributed by atoms with Gasteiger partial charge in [0, 0.05) is 25.5 Å². The molecule has 1 saturated heterocycles. The first-order chi connectivity index (χ1) is 9.06. The van der Waals surface area contributed by atoms with E-state index in [4.69, 9.17) is 5.11 Å². The maximum Gasteiger partial charge on any atom is 0.308 e. The van der Waals surface area contributed by atoms with Crippen LogP contribution in [0.4, 0.5) is 5.95 Å². The average Bonchev–Trinajstić information content (AvgIpc) is 2.71. The van der Waals surface area contributed by atoms with E-state index in [-0.39, 0.29) is 24.3 Å². The molecule has 1 aliphatic heterocycles. The second-order valence-electron chi connectivity index (χ2n) is 4.74. The summed E-state index contributed by atoms with van der Waals surface area (Å²) in [5.41, 5.74) is 0. The Bertz CT molecular complexity index is 465. The highest BCUT2D eigenvalue weighted by Gasteiger charge is 2.35. The minimum Gasteiger partial charge on any atom is -0.481 e. The van der Waals surface area contributed by atoms with Gasteiger partial charge in [-0.3, -0.25) is 19.8 Å². The number of nitrogens with one attached hydrogen (secondary N) is 1. The van der Waals surface area contributed by atoms with E-state index in [2.05, 4.69) is 15.3 Å². The lowest BCUT2D eigenvalue weighted by Gasteiger charge is -2.14. The summed E-state index contributed by atoms with van der Waals surface area (Å²) in [6.07, 6.45) is 3.09. The lowest BCUT2D eigenvalue weighted by atomic mass is 9.99. The fourth-order valence-corrected chi connectivity index (χ4v) is 2.25. The summed E-state index contributed by atoms with van der Waals surface area (Å²) in [6.45, 7) is 3.06. The molecule has 7 heteroatoms. The van der Waals surface area contributed by atoms with Crippen molar-refractivity contribution in [3.63, 3.8) is 0 Å². The summed E-state index contributed by atoms with van der Waals surface area (Å²) in [5.74, 6) is -1.13. The number of likely N-dealkylation sites (tertiary alicyclic amines) is 1. The highest BCUT2D eigenvalue weighted by molar-refractivity contribution is 5.90. The van der Waals surface area contributed by atoms with Crippen LogP contribution in [0.1, 0.15) is 6.92 Å². The second-order valence-corrected chi connectivity index (χ2v) is 4.74. The molecule has 7 nitrogen and oxygen atoms in total. The Balaban J connectivity index is 1.85. The molecule has 0 aromatic carbocycles. The molecule has 2 rings (SSSR count). The molecule has 0 spiro atoms. The molecule has 0 bridgehead atoms. The van der Waals surface area contributed by atoms with Crippen LogP contribution in [0.3, 0.4) is 0 Å². The van der Waals surface area contributed by atoms with E-state index in [0.29, 0.717) is 13.1 Å². The molecule has 1 aromatic heterocycles. The Hall–Kier alpha value is -2.02. The second kappa shape index (κ2) is 5.75. The van der Waals surface area contributed by atoms with Crippen molar-refractivity contribution in [2.75, 3.05) is 25.0 Å². The lowest BCUT2D eigenvalue weighted by molar-refractivity contribution is -0.142. The number of nitrogens with zero attached hydrogens (tertiary/aromatic N) is 3. The summed E-state index contributed by atoms with van der Waals surface area (Å²) >= 11 is 0. The van der Waals surface area contributed by atoms with Crippen molar-refractivity contribution in [2.24, 2.45) is 11.8 Å². The number of hydrogen-bond donors (Lipinski definition) is 2. The van der Waals surface area contributed by atoms with Crippen molar-refractivity contribution in [1.82, 2.24) is 14.9 Å². The summed E-state index contributed by atoms with van der Waals surface area (Å²) in [6, 6.07) is 1.66. The molecule has 0 unspecified atom stereocenters. The van der Waals surface area contributed by atoms with Crippen LogP contribution in [0.5, 0.6) is 0 Å². The Morgan fingerprint density at radius 2 is 2.11 bits per heavy atom. The lowest BCUT2D eigenvalue weighted by Crippen LogP contribution is -2.32. The standard InChI is InChI=1S/C12H16N4O3/c1-8-5-16(6-9(8)11(18)19)7-10(17)15-12-13-3-2-4-14-12/h2-4,8-9H,5-7H2,1H3,(H,18,19)(H,13,14,15,17)/t8-,9-/m1/s1. The molecule has 2 N–H and O–H groups in total. The van der Waals surface area contributed by atoms with Crippen LogP contribution < -0.4 is 5.32 Å². The van der Waals surface area contributed by atoms with E-state index in [1.165, 1.54) is 0 Å². The molecule has 0 aliphatic carbocycles. The predicted octanol–water partition coefficient (Wildman–Crippen LogP) is 0.0676. The zero-order valence-electron chi connectivity index (χ0n) is 10.6. The zero-order valence-corrected chi connectivity index (χ0v) is 10.6. The van der Waals surface area contributed by atoms with E-state index in [0.717, 1.165) is 0 Å². The smallest absolute Gasteiger partial charge is 0.308 e. The molecule has 2 atom stereocenters. The number of aliphatic carboxylic acids is 1. The molecule has 1 aromatic rings. The van der Waals surface area contributed by atoms with Crippen molar-refractivity contribution in [3.05, 3.63) is 18.5 Å². The average molecular weight is 264 g/mol. The maximum atomic E-state index is 11.8. The molecule has 1 amide bonds. The number of carboxylic acids is 1. The molecule has 0 radical (unpaired) electrons. The first kappa shape index (κ1) is 13.4. The minimum atomic E-state index is -0.804. The van der Waals surface area contributed by atoms with Gasteiger partial charge >= 0.3 is 5.97 Å². The van der Waals surface area contributed by atoms with Gasteiger partial charge in [0.15, 0.2) is 0 Å². The third kappa shape index (κ3) is 3.47. The fraction of sp³-hybridized carbons (Fsp3) is 0.500. The van der Waals surface area contributed by atoms with Crippen molar-refractivity contribution >= 4 is 17.8 Å². The van der Waals surface area contributed by atoms with Crippen LogP contribution in [-0.2, 0) is 9.59 Å². The van der Waals surface area contributed by atoms with Crippen LogP contribution in [0.25, 0.3) is 0 Å². The number of anilines is 1. The number of carbonyl (C=O) groups is 2. The third-order valence-corrected chi connectivity index (χ3v) is 3.19. The molecular formula is C12H16N4O3. The first-order valence-corrected chi connectivity index (χ1v) is 6.08. The van der Waals surface area contributed by atoms with Crippen LogP contribution in [-0.4, -0.2) is 51.5 Å². The van der Waals surface area contributed by atoms with E-state index < -0.39 is 11.9 Å². The van der Waals surface area contributed by atoms with Gasteiger partial charge < -0.3 is 5.11 Å². The topological polar surface area (TPSA) is 95.4 Å². The Morgan fingerprint density at radius 3 is 2.68 bits per heavy atom. The van der Waals surface area contributed by atoms with Gasteiger partial charge in [-0.05, 0) is 12.0 Å². The van der Waals surface area contributed by atoms with E-state index in [9.17, 15) is 9.59 Å². The molecule has 1 fully saturated rings. The minimum absolute atomic E-state index is 0.0540. The number of carbonyl (C=O) groups excluding carboxylic acids is 1.